The minimum absolute atomic E-state index is 0.547. The van der Waals surface area contributed by atoms with Crippen molar-refractivity contribution in [3.05, 3.63) is 23.9 Å². The minimum atomic E-state index is 0.547. The van der Waals surface area contributed by atoms with Gasteiger partial charge in [0, 0.05) is 12.8 Å². The van der Waals surface area contributed by atoms with Gasteiger partial charge in [-0.2, -0.15) is 0 Å². The third-order valence-corrected chi connectivity index (χ3v) is 3.90. The number of nitrogens with zero attached hydrogens (tertiary/aromatic N) is 3. The number of rotatable bonds is 4. The number of pyridine rings is 1. The highest BCUT2D eigenvalue weighted by atomic mass is 32.2. The monoisotopic (exact) mass is 253 g/mol. The van der Waals surface area contributed by atoms with Crippen molar-refractivity contribution in [2.24, 2.45) is 0 Å². The average Bonchev–Trinajstić information content (AvgIpc) is 2.74. The molecule has 0 radical (unpaired) electrons. The van der Waals surface area contributed by atoms with Gasteiger partial charge in [0.2, 0.25) is 5.13 Å². The van der Waals surface area contributed by atoms with E-state index in [1.54, 1.807) is 17.8 Å². The third-order valence-electron chi connectivity index (χ3n) is 1.79. The summed E-state index contributed by atoms with van der Waals surface area (Å²) in [6, 6.07) is 5.62. The van der Waals surface area contributed by atoms with Crippen molar-refractivity contribution in [3.63, 3.8) is 0 Å². The van der Waals surface area contributed by atoms with Gasteiger partial charge in [0.1, 0.15) is 5.82 Å². The molecule has 0 amide bonds. The summed E-state index contributed by atoms with van der Waals surface area (Å²) in [5.74, 6) is 1.30. The summed E-state index contributed by atoms with van der Waals surface area (Å²) in [7, 11) is 1.83. The molecule has 0 aliphatic heterocycles. The van der Waals surface area contributed by atoms with E-state index in [1.807, 2.05) is 19.2 Å². The van der Waals surface area contributed by atoms with Crippen molar-refractivity contribution in [2.75, 3.05) is 18.1 Å². The van der Waals surface area contributed by atoms with Crippen LogP contribution in [0.5, 0.6) is 0 Å². The highest BCUT2D eigenvalue weighted by Crippen LogP contribution is 2.27. The van der Waals surface area contributed by atoms with E-state index in [0.717, 1.165) is 20.9 Å². The second kappa shape index (κ2) is 5.13. The van der Waals surface area contributed by atoms with Crippen LogP contribution in [0, 0.1) is 0 Å². The van der Waals surface area contributed by atoms with Gasteiger partial charge in [-0.3, -0.25) is 0 Å². The first-order valence-electron chi connectivity index (χ1n) is 4.63. The molecular weight excluding hydrogens is 242 g/mol. The van der Waals surface area contributed by atoms with Gasteiger partial charge >= 0.3 is 0 Å². The van der Waals surface area contributed by atoms with E-state index in [1.165, 1.54) is 11.3 Å². The fourth-order valence-electron chi connectivity index (χ4n) is 1.08. The van der Waals surface area contributed by atoms with Crippen LogP contribution in [0.25, 0.3) is 0 Å². The van der Waals surface area contributed by atoms with E-state index in [-0.39, 0.29) is 0 Å². The molecular formula is C9H11N5S2. The molecule has 0 atom stereocenters. The predicted molar refractivity (Wildman–Crippen MR) is 67.7 cm³/mol. The largest absolute Gasteiger partial charge is 0.384 e. The Morgan fingerprint density at radius 1 is 1.44 bits per heavy atom. The molecule has 0 saturated carbocycles. The molecule has 5 nitrogen and oxygen atoms in total. The topological polar surface area (TPSA) is 76.7 Å². The molecule has 2 heterocycles. The van der Waals surface area contributed by atoms with E-state index in [0.29, 0.717) is 5.82 Å². The van der Waals surface area contributed by atoms with Gasteiger partial charge in [0.25, 0.3) is 0 Å². The van der Waals surface area contributed by atoms with Crippen LogP contribution in [0.2, 0.25) is 0 Å². The fraction of sp³-hybridized carbons (Fsp3) is 0.222. The Balaban J connectivity index is 1.96. The lowest BCUT2D eigenvalue weighted by Gasteiger charge is -1.98. The summed E-state index contributed by atoms with van der Waals surface area (Å²) in [6.07, 6.45) is 0. The number of nitrogen functional groups attached to an aromatic ring is 1. The van der Waals surface area contributed by atoms with Crippen LogP contribution in [0.4, 0.5) is 10.9 Å². The van der Waals surface area contributed by atoms with Crippen LogP contribution in [0.3, 0.4) is 0 Å². The molecule has 0 unspecified atom stereocenters. The van der Waals surface area contributed by atoms with Gasteiger partial charge in [0.05, 0.1) is 5.69 Å². The number of hydrogen-bond acceptors (Lipinski definition) is 7. The molecule has 0 fully saturated rings. The van der Waals surface area contributed by atoms with E-state index in [4.69, 9.17) is 5.73 Å². The summed E-state index contributed by atoms with van der Waals surface area (Å²) in [4.78, 5) is 4.21. The number of anilines is 2. The fourth-order valence-corrected chi connectivity index (χ4v) is 2.69. The van der Waals surface area contributed by atoms with Gasteiger partial charge in [-0.15, -0.1) is 10.2 Å². The van der Waals surface area contributed by atoms with Crippen molar-refractivity contribution in [2.45, 2.75) is 10.1 Å². The Hall–Kier alpha value is -1.34. The molecule has 0 aromatic carbocycles. The molecule has 16 heavy (non-hydrogen) atoms. The predicted octanol–water partition coefficient (Wildman–Crippen LogP) is 1.85. The maximum absolute atomic E-state index is 5.60. The van der Waals surface area contributed by atoms with Crippen LogP contribution >= 0.6 is 23.1 Å². The number of hydrogen-bond donors (Lipinski definition) is 2. The van der Waals surface area contributed by atoms with Crippen LogP contribution in [-0.2, 0) is 5.75 Å². The second-order valence-electron chi connectivity index (χ2n) is 2.97. The molecule has 0 spiro atoms. The lowest BCUT2D eigenvalue weighted by Crippen LogP contribution is -1.93. The molecule has 2 rings (SSSR count). The summed E-state index contributed by atoms with van der Waals surface area (Å²) in [6.45, 7) is 0. The molecule has 2 aromatic rings. The Kier molecular flexibility index (Phi) is 3.58. The number of aromatic nitrogens is 3. The number of nitrogens with two attached hydrogens (primary N) is 1. The quantitative estimate of drug-likeness (QED) is 0.810. The maximum Gasteiger partial charge on any atom is 0.206 e. The first-order chi connectivity index (χ1) is 7.78. The summed E-state index contributed by atoms with van der Waals surface area (Å²) in [5, 5.41) is 11.8. The van der Waals surface area contributed by atoms with Gasteiger partial charge in [-0.25, -0.2) is 4.98 Å². The normalized spacial score (nSPS) is 10.3. The van der Waals surface area contributed by atoms with E-state index < -0.39 is 0 Å². The third kappa shape index (κ3) is 2.83. The van der Waals surface area contributed by atoms with E-state index in [2.05, 4.69) is 20.5 Å². The average molecular weight is 253 g/mol. The highest BCUT2D eigenvalue weighted by Gasteiger charge is 2.04. The Morgan fingerprint density at radius 3 is 3.00 bits per heavy atom. The first kappa shape index (κ1) is 11.2. The van der Waals surface area contributed by atoms with Crippen molar-refractivity contribution in [3.8, 4) is 0 Å². The van der Waals surface area contributed by atoms with Crippen LogP contribution in [-0.4, -0.2) is 22.2 Å². The van der Waals surface area contributed by atoms with Crippen molar-refractivity contribution >= 4 is 34.0 Å². The smallest absolute Gasteiger partial charge is 0.206 e. The number of nitrogens with one attached hydrogen (secondary N) is 1. The van der Waals surface area contributed by atoms with Gasteiger partial charge in [0.15, 0.2) is 4.34 Å². The summed E-state index contributed by atoms with van der Waals surface area (Å²) < 4.78 is 0.925. The molecule has 7 heteroatoms. The maximum atomic E-state index is 5.60. The minimum Gasteiger partial charge on any atom is -0.384 e. The number of thioether (sulfide) groups is 1. The zero-order valence-electron chi connectivity index (χ0n) is 8.67. The standard InChI is InChI=1S/C9H11N5S2/c1-11-8-13-14-9(16-8)15-5-6-3-2-4-7(10)12-6/h2-4H,5H2,1H3,(H2,10,12)(H,11,13). The molecule has 0 aliphatic rings. The van der Waals surface area contributed by atoms with Gasteiger partial charge < -0.3 is 11.1 Å². The van der Waals surface area contributed by atoms with Crippen LogP contribution in [0.15, 0.2) is 22.5 Å². The zero-order chi connectivity index (χ0) is 11.4. The molecule has 0 saturated heterocycles. The molecule has 2 aromatic heterocycles. The summed E-state index contributed by atoms with van der Waals surface area (Å²) >= 11 is 3.13. The van der Waals surface area contributed by atoms with Crippen LogP contribution in [0.1, 0.15) is 5.69 Å². The van der Waals surface area contributed by atoms with Crippen molar-refractivity contribution in [1.29, 1.82) is 0 Å². The van der Waals surface area contributed by atoms with Crippen molar-refractivity contribution in [1.82, 2.24) is 15.2 Å². The van der Waals surface area contributed by atoms with Gasteiger partial charge in [-0.05, 0) is 12.1 Å². The Bertz CT molecular complexity index is 470. The molecule has 84 valence electrons. The van der Waals surface area contributed by atoms with E-state index >= 15 is 0 Å². The highest BCUT2D eigenvalue weighted by molar-refractivity contribution is 8.00. The lowest BCUT2D eigenvalue weighted by atomic mass is 10.4. The van der Waals surface area contributed by atoms with E-state index in [9.17, 15) is 0 Å². The van der Waals surface area contributed by atoms with Crippen LogP contribution < -0.4 is 11.1 Å². The zero-order valence-corrected chi connectivity index (χ0v) is 10.3. The summed E-state index contributed by atoms with van der Waals surface area (Å²) in [5.41, 5.74) is 6.55. The molecule has 0 aliphatic carbocycles. The Labute approximate surface area is 101 Å². The van der Waals surface area contributed by atoms with Crippen molar-refractivity contribution < 1.29 is 0 Å². The lowest BCUT2D eigenvalue weighted by molar-refractivity contribution is 1.01. The molecule has 0 bridgehead atoms. The molecule has 3 N–H and O–H groups in total. The SMILES string of the molecule is CNc1nnc(SCc2cccc(N)n2)s1. The first-order valence-corrected chi connectivity index (χ1v) is 6.43. The second-order valence-corrected chi connectivity index (χ2v) is 5.17. The Morgan fingerprint density at radius 2 is 2.31 bits per heavy atom. The van der Waals surface area contributed by atoms with Gasteiger partial charge in [-0.1, -0.05) is 29.2 Å².